The van der Waals surface area contributed by atoms with Crippen molar-refractivity contribution >= 4 is 20.9 Å². The number of benzene rings is 2. The van der Waals surface area contributed by atoms with Crippen molar-refractivity contribution in [2.75, 3.05) is 26.3 Å². The molecule has 3 aromatic rings. The zero-order valence-electron chi connectivity index (χ0n) is 16.9. The molecule has 9 heteroatoms. The van der Waals surface area contributed by atoms with Gasteiger partial charge in [0.05, 0.1) is 22.1 Å². The largest absolute Gasteiger partial charge is 0.486 e. The molecular formula is C22H23N3O5S. The molecule has 0 unspecified atom stereocenters. The van der Waals surface area contributed by atoms with E-state index < -0.39 is 10.0 Å². The lowest BCUT2D eigenvalue weighted by atomic mass is 9.98. The number of nitrogens with zero attached hydrogens (tertiary/aromatic N) is 3. The molecule has 1 saturated heterocycles. The van der Waals surface area contributed by atoms with Gasteiger partial charge in [-0.15, -0.1) is 0 Å². The van der Waals surface area contributed by atoms with E-state index in [-0.39, 0.29) is 16.4 Å². The van der Waals surface area contributed by atoms with Crippen molar-refractivity contribution in [3.05, 3.63) is 59.1 Å². The van der Waals surface area contributed by atoms with Crippen molar-refractivity contribution in [2.24, 2.45) is 5.92 Å². The number of sulfonamides is 1. The van der Waals surface area contributed by atoms with E-state index in [1.165, 1.54) is 10.4 Å². The van der Waals surface area contributed by atoms with Gasteiger partial charge in [0.1, 0.15) is 13.2 Å². The molecule has 2 aliphatic rings. The fourth-order valence-corrected chi connectivity index (χ4v) is 5.67. The second kappa shape index (κ2) is 7.97. The lowest BCUT2D eigenvalue weighted by Gasteiger charge is -2.31. The van der Waals surface area contributed by atoms with Crippen LogP contribution in [-0.4, -0.2) is 48.6 Å². The smallest absolute Gasteiger partial charge is 0.261 e. The Hall–Kier alpha value is -2.91. The molecule has 1 aromatic heterocycles. The molecule has 8 nitrogen and oxygen atoms in total. The highest BCUT2D eigenvalue weighted by Crippen LogP contribution is 2.34. The Balaban J connectivity index is 1.28. The molecule has 31 heavy (non-hydrogen) atoms. The van der Waals surface area contributed by atoms with Gasteiger partial charge in [-0.1, -0.05) is 12.1 Å². The van der Waals surface area contributed by atoms with Gasteiger partial charge in [-0.2, -0.15) is 4.31 Å². The normalized spacial score (nSPS) is 17.7. The van der Waals surface area contributed by atoms with Crippen LogP contribution in [0.5, 0.6) is 11.5 Å². The maximum atomic E-state index is 13.1. The van der Waals surface area contributed by atoms with E-state index >= 15 is 0 Å². The fourth-order valence-electron chi connectivity index (χ4n) is 4.18. The average molecular weight is 442 g/mol. The number of hydrogen-bond donors (Lipinski definition) is 0. The summed E-state index contributed by atoms with van der Waals surface area (Å²) in [5.41, 5.74) is 0.626. The third-order valence-corrected chi connectivity index (χ3v) is 7.81. The van der Waals surface area contributed by atoms with Crippen LogP contribution in [-0.2, 0) is 16.6 Å². The van der Waals surface area contributed by atoms with Crippen LogP contribution in [0.25, 0.3) is 10.9 Å². The predicted molar refractivity (Wildman–Crippen MR) is 115 cm³/mol. The summed E-state index contributed by atoms with van der Waals surface area (Å²) in [6.45, 7) is 2.23. The standard InChI is InChI=1S/C22H23N3O5S/c26-22-18-3-1-2-4-19(18)23-15-24(22)14-16-7-9-25(10-8-16)31(27,28)17-5-6-20-21(13-17)30-12-11-29-20/h1-6,13,15-16H,7-12,14H2. The van der Waals surface area contributed by atoms with Gasteiger partial charge in [0.2, 0.25) is 10.0 Å². The molecule has 162 valence electrons. The van der Waals surface area contributed by atoms with Crippen LogP contribution < -0.4 is 15.0 Å². The lowest BCUT2D eigenvalue weighted by molar-refractivity contribution is 0.171. The molecule has 0 bridgehead atoms. The van der Waals surface area contributed by atoms with Crippen molar-refractivity contribution in [1.29, 1.82) is 0 Å². The molecule has 2 aromatic carbocycles. The van der Waals surface area contributed by atoms with E-state index in [1.54, 1.807) is 29.1 Å². The van der Waals surface area contributed by atoms with Crippen LogP contribution >= 0.6 is 0 Å². The number of hydrogen-bond acceptors (Lipinski definition) is 6. The van der Waals surface area contributed by atoms with Gasteiger partial charge >= 0.3 is 0 Å². The first kappa shape index (κ1) is 20.0. The molecule has 0 amide bonds. The maximum Gasteiger partial charge on any atom is 0.261 e. The van der Waals surface area contributed by atoms with Crippen molar-refractivity contribution in [3.63, 3.8) is 0 Å². The molecule has 0 spiro atoms. The summed E-state index contributed by atoms with van der Waals surface area (Å²) in [5.74, 6) is 1.25. The van der Waals surface area contributed by atoms with Gasteiger partial charge in [-0.25, -0.2) is 13.4 Å². The molecule has 2 aliphatic heterocycles. The van der Waals surface area contributed by atoms with E-state index in [9.17, 15) is 13.2 Å². The average Bonchev–Trinajstić information content (AvgIpc) is 2.81. The molecule has 0 atom stereocenters. The Labute approximate surface area is 180 Å². The van der Waals surface area contributed by atoms with E-state index in [1.807, 2.05) is 18.2 Å². The minimum absolute atomic E-state index is 0.0584. The first-order valence-corrected chi connectivity index (χ1v) is 11.8. The highest BCUT2D eigenvalue weighted by molar-refractivity contribution is 7.89. The molecular weight excluding hydrogens is 418 g/mol. The lowest BCUT2D eigenvalue weighted by Crippen LogP contribution is -2.40. The molecule has 0 radical (unpaired) electrons. The van der Waals surface area contributed by atoms with Gasteiger partial charge in [0.15, 0.2) is 11.5 Å². The minimum Gasteiger partial charge on any atom is -0.486 e. The molecule has 0 saturated carbocycles. The number of ether oxygens (including phenoxy) is 2. The molecule has 1 fully saturated rings. The van der Waals surface area contributed by atoms with Gasteiger partial charge < -0.3 is 9.47 Å². The topological polar surface area (TPSA) is 90.7 Å². The zero-order valence-corrected chi connectivity index (χ0v) is 17.8. The Kier molecular flexibility index (Phi) is 5.15. The maximum absolute atomic E-state index is 13.1. The number of piperidine rings is 1. The second-order valence-electron chi connectivity index (χ2n) is 7.87. The van der Waals surface area contributed by atoms with Gasteiger partial charge in [-0.05, 0) is 43.0 Å². The third-order valence-electron chi connectivity index (χ3n) is 5.91. The molecule has 0 N–H and O–H groups in total. The summed E-state index contributed by atoms with van der Waals surface area (Å²) in [5, 5.41) is 0.601. The number of aromatic nitrogens is 2. The summed E-state index contributed by atoms with van der Waals surface area (Å²) in [6.07, 6.45) is 2.95. The van der Waals surface area contributed by atoms with Crippen LogP contribution in [0.3, 0.4) is 0 Å². The monoisotopic (exact) mass is 441 g/mol. The SMILES string of the molecule is O=c1c2ccccc2ncn1CC1CCN(S(=O)(=O)c2ccc3c(c2)OCCO3)CC1. The quantitative estimate of drug-likeness (QED) is 0.617. The predicted octanol–water partition coefficient (Wildman–Crippen LogP) is 2.27. The summed E-state index contributed by atoms with van der Waals surface area (Å²) in [7, 11) is -3.61. The highest BCUT2D eigenvalue weighted by Gasteiger charge is 2.30. The minimum atomic E-state index is -3.61. The second-order valence-corrected chi connectivity index (χ2v) is 9.81. The Morgan fingerprint density at radius 3 is 2.55 bits per heavy atom. The number of rotatable bonds is 4. The first-order valence-electron chi connectivity index (χ1n) is 10.4. The molecule has 0 aliphatic carbocycles. The molecule has 5 rings (SSSR count). The van der Waals surface area contributed by atoms with Crippen LogP contribution in [0, 0.1) is 5.92 Å². The zero-order chi connectivity index (χ0) is 21.4. The van der Waals surface area contributed by atoms with Crippen LogP contribution in [0.4, 0.5) is 0 Å². The van der Waals surface area contributed by atoms with Crippen molar-refractivity contribution in [3.8, 4) is 11.5 Å². The van der Waals surface area contributed by atoms with Gasteiger partial charge in [-0.3, -0.25) is 9.36 Å². The Morgan fingerprint density at radius 1 is 1.00 bits per heavy atom. The van der Waals surface area contributed by atoms with Crippen molar-refractivity contribution in [2.45, 2.75) is 24.3 Å². The molecule has 3 heterocycles. The van der Waals surface area contributed by atoms with Crippen LogP contribution in [0.15, 0.2) is 58.5 Å². The van der Waals surface area contributed by atoms with Gasteiger partial charge in [0.25, 0.3) is 5.56 Å². The first-order chi connectivity index (χ1) is 15.0. The Morgan fingerprint density at radius 2 is 1.74 bits per heavy atom. The Bertz CT molecular complexity index is 1280. The summed E-state index contributed by atoms with van der Waals surface area (Å²) in [4.78, 5) is 17.3. The van der Waals surface area contributed by atoms with E-state index in [2.05, 4.69) is 4.98 Å². The van der Waals surface area contributed by atoms with Crippen LogP contribution in [0.1, 0.15) is 12.8 Å². The van der Waals surface area contributed by atoms with Crippen molar-refractivity contribution < 1.29 is 17.9 Å². The number of para-hydroxylation sites is 1. The highest BCUT2D eigenvalue weighted by atomic mass is 32.2. The third kappa shape index (κ3) is 3.79. The van der Waals surface area contributed by atoms with E-state index in [0.717, 1.165) is 0 Å². The van der Waals surface area contributed by atoms with Crippen LogP contribution in [0.2, 0.25) is 0 Å². The summed E-state index contributed by atoms with van der Waals surface area (Å²) >= 11 is 0. The fraction of sp³-hybridized carbons (Fsp3) is 0.364. The van der Waals surface area contributed by atoms with E-state index in [0.29, 0.717) is 68.1 Å². The summed E-state index contributed by atoms with van der Waals surface area (Å²) in [6, 6.07) is 12.0. The number of fused-ring (bicyclic) bond motifs is 2. The van der Waals surface area contributed by atoms with Crippen molar-refractivity contribution in [1.82, 2.24) is 13.9 Å². The van der Waals surface area contributed by atoms with Gasteiger partial charge in [0, 0.05) is 25.7 Å². The van der Waals surface area contributed by atoms with E-state index in [4.69, 9.17) is 9.47 Å². The summed E-state index contributed by atoms with van der Waals surface area (Å²) < 4.78 is 40.4.